The number of carbonyl (C=O) groups excluding carboxylic acids is 1. The second-order valence-corrected chi connectivity index (χ2v) is 7.75. The van der Waals surface area contributed by atoms with Crippen molar-refractivity contribution in [3.05, 3.63) is 63.8 Å². The molecule has 1 amide bonds. The zero-order valence-corrected chi connectivity index (χ0v) is 18.0. The molecule has 3 N–H and O–H groups in total. The maximum atomic E-state index is 12.9. The van der Waals surface area contributed by atoms with Crippen LogP contribution < -0.4 is 16.2 Å². The van der Waals surface area contributed by atoms with E-state index in [1.165, 1.54) is 0 Å². The summed E-state index contributed by atoms with van der Waals surface area (Å²) in [5, 5.41) is 6.30. The quantitative estimate of drug-likeness (QED) is 0.569. The fourth-order valence-electron chi connectivity index (χ4n) is 4.48. The van der Waals surface area contributed by atoms with Gasteiger partial charge in [0.1, 0.15) is 11.4 Å². The van der Waals surface area contributed by atoms with Crippen molar-refractivity contribution >= 4 is 41.8 Å². The van der Waals surface area contributed by atoms with Crippen LogP contribution in [-0.2, 0) is 13.0 Å². The third-order valence-electron chi connectivity index (χ3n) is 5.84. The SMILES string of the molecule is Cl.Cl.O=C(NCCc1nc2ccccc2[nH]1)c1ccc2n(c1=O)C[C@@H]1CNC[C@H]2C1. The first kappa shape index (κ1) is 22.3. The second-order valence-electron chi connectivity index (χ2n) is 7.75. The first-order valence-electron chi connectivity index (χ1n) is 9.85. The largest absolute Gasteiger partial charge is 0.351 e. The number of rotatable bonds is 4. The van der Waals surface area contributed by atoms with Gasteiger partial charge in [-0.1, -0.05) is 12.1 Å². The number of hydrogen-bond acceptors (Lipinski definition) is 4. The molecule has 2 atom stereocenters. The number of hydrogen-bond donors (Lipinski definition) is 3. The average Bonchev–Trinajstić information content (AvgIpc) is 3.12. The van der Waals surface area contributed by atoms with Crippen molar-refractivity contribution in [2.75, 3.05) is 19.6 Å². The number of nitrogens with one attached hydrogen (secondary N) is 3. The van der Waals surface area contributed by atoms with Crippen LogP contribution in [0.4, 0.5) is 0 Å². The van der Waals surface area contributed by atoms with Gasteiger partial charge in [0.2, 0.25) is 0 Å². The highest BCUT2D eigenvalue weighted by molar-refractivity contribution is 5.93. The zero-order valence-electron chi connectivity index (χ0n) is 16.4. The molecule has 0 aliphatic carbocycles. The first-order valence-corrected chi connectivity index (χ1v) is 9.85. The number of nitrogens with zero attached hydrogens (tertiary/aromatic N) is 2. The van der Waals surface area contributed by atoms with Crippen molar-refractivity contribution in [2.24, 2.45) is 5.92 Å². The lowest BCUT2D eigenvalue weighted by atomic mass is 9.84. The average molecular weight is 450 g/mol. The Bertz CT molecular complexity index is 1080. The summed E-state index contributed by atoms with van der Waals surface area (Å²) in [4.78, 5) is 33.3. The predicted octanol–water partition coefficient (Wildman–Crippen LogP) is 2.25. The lowest BCUT2D eigenvalue weighted by Crippen LogP contribution is -2.46. The lowest BCUT2D eigenvalue weighted by molar-refractivity contribution is 0.0951. The molecule has 7 nitrogen and oxygen atoms in total. The van der Waals surface area contributed by atoms with E-state index in [2.05, 4.69) is 20.6 Å². The standard InChI is InChI=1S/C21H23N5O2.2ClH/c27-20(23-8-7-19-24-16-3-1-2-4-17(16)25-19)15-5-6-18-14-9-13(10-22-11-14)12-26(18)21(15)28;;/h1-6,13-14,22H,7-12H2,(H,23,27)(H,24,25);2*1H/t13-,14+;;/m0../s1. The number of aromatic nitrogens is 3. The van der Waals surface area contributed by atoms with Crippen molar-refractivity contribution in [2.45, 2.75) is 25.3 Å². The maximum absolute atomic E-state index is 12.9. The lowest BCUT2D eigenvalue weighted by Gasteiger charge is -2.37. The van der Waals surface area contributed by atoms with Crippen LogP contribution in [0.25, 0.3) is 11.0 Å². The number of piperidine rings is 1. The molecule has 2 aliphatic rings. The molecule has 0 unspecified atom stereocenters. The van der Waals surface area contributed by atoms with Crippen molar-refractivity contribution in [3.8, 4) is 0 Å². The van der Waals surface area contributed by atoms with Crippen LogP contribution in [0.2, 0.25) is 0 Å². The summed E-state index contributed by atoms with van der Waals surface area (Å²) in [7, 11) is 0. The molecule has 2 aromatic heterocycles. The number of halogens is 2. The molecule has 2 bridgehead atoms. The molecular formula is C21H25Cl2N5O2. The summed E-state index contributed by atoms with van der Waals surface area (Å²) in [6.07, 6.45) is 1.71. The minimum atomic E-state index is -0.315. The Morgan fingerprint density at radius 1 is 1.17 bits per heavy atom. The van der Waals surface area contributed by atoms with Gasteiger partial charge in [0.25, 0.3) is 11.5 Å². The van der Waals surface area contributed by atoms with Crippen molar-refractivity contribution < 1.29 is 4.79 Å². The molecule has 9 heteroatoms. The number of para-hydroxylation sites is 2. The summed E-state index contributed by atoms with van der Waals surface area (Å²) in [6, 6.07) is 11.5. The Balaban J connectivity index is 0.00000128. The molecule has 0 radical (unpaired) electrons. The van der Waals surface area contributed by atoms with Gasteiger partial charge in [0, 0.05) is 37.7 Å². The van der Waals surface area contributed by atoms with Crippen LogP contribution in [0.5, 0.6) is 0 Å². The number of imidazole rings is 1. The number of aromatic amines is 1. The van der Waals surface area contributed by atoms with Crippen LogP contribution in [-0.4, -0.2) is 40.1 Å². The molecule has 4 heterocycles. The van der Waals surface area contributed by atoms with E-state index in [1.54, 1.807) is 6.07 Å². The molecule has 1 aromatic carbocycles. The van der Waals surface area contributed by atoms with E-state index in [4.69, 9.17) is 0 Å². The molecule has 160 valence electrons. The third-order valence-corrected chi connectivity index (χ3v) is 5.84. The number of H-pyrrole nitrogens is 1. The molecule has 0 spiro atoms. The Hall–Kier alpha value is -2.35. The summed E-state index contributed by atoms with van der Waals surface area (Å²) in [5.74, 6) is 1.34. The molecular weight excluding hydrogens is 425 g/mol. The van der Waals surface area contributed by atoms with E-state index < -0.39 is 0 Å². The normalized spacial score (nSPS) is 19.3. The Kier molecular flexibility index (Phi) is 6.85. The second kappa shape index (κ2) is 9.20. The Morgan fingerprint density at radius 2 is 2.00 bits per heavy atom. The Labute approximate surface area is 186 Å². The van der Waals surface area contributed by atoms with E-state index in [1.807, 2.05) is 34.9 Å². The van der Waals surface area contributed by atoms with Crippen LogP contribution >= 0.6 is 24.8 Å². The topological polar surface area (TPSA) is 91.8 Å². The molecule has 5 rings (SSSR count). The minimum absolute atomic E-state index is 0. The van der Waals surface area contributed by atoms with Crippen LogP contribution in [0.15, 0.2) is 41.2 Å². The van der Waals surface area contributed by atoms with Crippen LogP contribution in [0.1, 0.15) is 34.2 Å². The smallest absolute Gasteiger partial charge is 0.263 e. The number of pyridine rings is 1. The van der Waals surface area contributed by atoms with Crippen LogP contribution in [0, 0.1) is 5.92 Å². The number of carbonyl (C=O) groups is 1. The minimum Gasteiger partial charge on any atom is -0.351 e. The highest BCUT2D eigenvalue weighted by Gasteiger charge is 2.31. The predicted molar refractivity (Wildman–Crippen MR) is 121 cm³/mol. The van der Waals surface area contributed by atoms with Gasteiger partial charge in [-0.2, -0.15) is 0 Å². The fourth-order valence-corrected chi connectivity index (χ4v) is 4.48. The summed E-state index contributed by atoms with van der Waals surface area (Å²) < 4.78 is 1.81. The van der Waals surface area contributed by atoms with Gasteiger partial charge in [0.15, 0.2) is 0 Å². The highest BCUT2D eigenvalue weighted by atomic mass is 35.5. The van der Waals surface area contributed by atoms with E-state index in [0.29, 0.717) is 31.3 Å². The van der Waals surface area contributed by atoms with Gasteiger partial charge in [0.05, 0.1) is 11.0 Å². The van der Waals surface area contributed by atoms with E-state index in [9.17, 15) is 9.59 Å². The highest BCUT2D eigenvalue weighted by Crippen LogP contribution is 2.31. The fraction of sp³-hybridized carbons (Fsp3) is 0.381. The summed E-state index contributed by atoms with van der Waals surface area (Å²) >= 11 is 0. The first-order chi connectivity index (χ1) is 13.7. The van der Waals surface area contributed by atoms with E-state index in [0.717, 1.165) is 42.1 Å². The molecule has 1 fully saturated rings. The number of amides is 1. The van der Waals surface area contributed by atoms with Gasteiger partial charge in [-0.25, -0.2) is 4.98 Å². The van der Waals surface area contributed by atoms with Gasteiger partial charge in [-0.05, 0) is 43.1 Å². The third kappa shape index (κ3) is 4.10. The molecule has 3 aromatic rings. The maximum Gasteiger partial charge on any atom is 0.263 e. The zero-order chi connectivity index (χ0) is 19.1. The van der Waals surface area contributed by atoms with E-state index in [-0.39, 0.29) is 41.8 Å². The van der Waals surface area contributed by atoms with Crippen molar-refractivity contribution in [3.63, 3.8) is 0 Å². The van der Waals surface area contributed by atoms with Gasteiger partial charge in [-0.15, -0.1) is 24.8 Å². The van der Waals surface area contributed by atoms with Crippen LogP contribution in [0.3, 0.4) is 0 Å². The van der Waals surface area contributed by atoms with Crippen molar-refractivity contribution in [1.29, 1.82) is 0 Å². The summed E-state index contributed by atoms with van der Waals surface area (Å²) in [6.45, 7) is 2.96. The molecule has 1 saturated heterocycles. The number of fused-ring (bicyclic) bond motifs is 5. The van der Waals surface area contributed by atoms with Gasteiger partial charge < -0.3 is 20.2 Å². The van der Waals surface area contributed by atoms with Gasteiger partial charge >= 0.3 is 0 Å². The monoisotopic (exact) mass is 449 g/mol. The Morgan fingerprint density at radius 3 is 2.83 bits per heavy atom. The molecule has 0 saturated carbocycles. The molecule has 30 heavy (non-hydrogen) atoms. The molecule has 2 aliphatic heterocycles. The van der Waals surface area contributed by atoms with Gasteiger partial charge in [-0.3, -0.25) is 9.59 Å². The number of benzene rings is 1. The van der Waals surface area contributed by atoms with Crippen molar-refractivity contribution in [1.82, 2.24) is 25.2 Å². The summed E-state index contributed by atoms with van der Waals surface area (Å²) in [5.41, 5.74) is 3.00. The van der Waals surface area contributed by atoms with E-state index >= 15 is 0 Å².